The Kier molecular flexibility index (Phi) is 4.61. The first-order valence-electron chi connectivity index (χ1n) is 2.71. The van der Waals surface area contributed by atoms with E-state index in [1.807, 2.05) is 14.1 Å². The van der Waals surface area contributed by atoms with Gasteiger partial charge in [0.2, 0.25) is 0 Å². The predicted octanol–water partition coefficient (Wildman–Crippen LogP) is -0.0697. The van der Waals surface area contributed by atoms with E-state index < -0.39 is 0 Å². The second kappa shape index (κ2) is 4.69. The fraction of sp³-hybridized carbons (Fsp3) is 1.00. The maximum Gasteiger partial charge on any atom is 0.168 e. The molecule has 0 aliphatic rings. The second-order valence-electron chi connectivity index (χ2n) is 1.85. The zero-order valence-electron chi connectivity index (χ0n) is 6.42. The number of hydrogen-bond donors (Lipinski definition) is 0. The summed E-state index contributed by atoms with van der Waals surface area (Å²) in [4.78, 5) is 4.99. The van der Waals surface area contributed by atoms with Gasteiger partial charge in [-0.05, 0) is 0 Å². The average molecular weight is 134 g/mol. The van der Waals surface area contributed by atoms with Crippen molar-refractivity contribution in [1.82, 2.24) is 10.2 Å². The Balaban J connectivity index is 3.16. The van der Waals surface area contributed by atoms with Crippen LogP contribution < -0.4 is 0 Å². The molecule has 0 aliphatic carbocycles. The minimum atomic E-state index is 0.286. The molecule has 4 heteroatoms. The molecule has 0 amide bonds. The van der Waals surface area contributed by atoms with Crippen molar-refractivity contribution < 1.29 is 9.57 Å². The minimum Gasteiger partial charge on any atom is -0.357 e. The molecule has 0 fully saturated rings. The summed E-state index contributed by atoms with van der Waals surface area (Å²) in [6.45, 7) is 0.286. The molecule has 0 rings (SSSR count). The predicted molar refractivity (Wildman–Crippen MR) is 34.4 cm³/mol. The summed E-state index contributed by atoms with van der Waals surface area (Å²) in [6.07, 6.45) is 0. The molecule has 9 heavy (non-hydrogen) atoms. The van der Waals surface area contributed by atoms with Crippen molar-refractivity contribution in [2.75, 3.05) is 35.0 Å². The molecule has 0 heterocycles. The van der Waals surface area contributed by atoms with Gasteiger partial charge in [0.1, 0.15) is 0 Å². The van der Waals surface area contributed by atoms with Crippen LogP contribution in [-0.2, 0) is 9.57 Å². The summed E-state index contributed by atoms with van der Waals surface area (Å²) in [7, 11) is 7.16. The fourth-order valence-electron chi connectivity index (χ4n) is 0.244. The van der Waals surface area contributed by atoms with Gasteiger partial charge in [-0.15, -0.1) is 5.17 Å². The summed E-state index contributed by atoms with van der Waals surface area (Å²) >= 11 is 0. The first kappa shape index (κ1) is 8.84. The molecule has 0 radical (unpaired) electrons. The molecule has 0 N–H and O–H groups in total. The standard InChI is InChI=1S/C5H14N2O2/c1-6(2)7(3)9-5-8-4/h5H2,1-4H3. The number of hydrogen-bond acceptors (Lipinski definition) is 4. The minimum absolute atomic E-state index is 0.286. The van der Waals surface area contributed by atoms with Crippen molar-refractivity contribution in [3.8, 4) is 0 Å². The molecule has 0 bridgehead atoms. The Labute approximate surface area is 55.9 Å². The van der Waals surface area contributed by atoms with E-state index in [0.717, 1.165) is 0 Å². The van der Waals surface area contributed by atoms with Crippen molar-refractivity contribution >= 4 is 0 Å². The van der Waals surface area contributed by atoms with Gasteiger partial charge >= 0.3 is 0 Å². The summed E-state index contributed by atoms with van der Waals surface area (Å²) in [6, 6.07) is 0. The van der Waals surface area contributed by atoms with Crippen LogP contribution in [0.5, 0.6) is 0 Å². The van der Waals surface area contributed by atoms with Gasteiger partial charge in [0.05, 0.1) is 0 Å². The van der Waals surface area contributed by atoms with E-state index in [2.05, 4.69) is 4.74 Å². The van der Waals surface area contributed by atoms with Crippen LogP contribution in [0.2, 0.25) is 0 Å². The third-order valence-electron chi connectivity index (χ3n) is 0.921. The fourth-order valence-corrected chi connectivity index (χ4v) is 0.244. The van der Waals surface area contributed by atoms with Crippen LogP contribution in [0.4, 0.5) is 0 Å². The van der Waals surface area contributed by atoms with E-state index in [-0.39, 0.29) is 6.79 Å². The first-order valence-corrected chi connectivity index (χ1v) is 2.71. The quantitative estimate of drug-likeness (QED) is 0.397. The molecule has 0 unspecified atom stereocenters. The lowest BCUT2D eigenvalue weighted by Crippen LogP contribution is -2.33. The van der Waals surface area contributed by atoms with Gasteiger partial charge in [0, 0.05) is 28.3 Å². The Hall–Kier alpha value is -0.160. The van der Waals surface area contributed by atoms with Gasteiger partial charge in [-0.1, -0.05) is 0 Å². The van der Waals surface area contributed by atoms with Crippen LogP contribution in [-0.4, -0.2) is 45.2 Å². The lowest BCUT2D eigenvalue weighted by atomic mass is 11.1. The maximum absolute atomic E-state index is 4.99. The van der Waals surface area contributed by atoms with Crippen molar-refractivity contribution in [2.24, 2.45) is 0 Å². The van der Waals surface area contributed by atoms with Crippen molar-refractivity contribution in [3.63, 3.8) is 0 Å². The highest BCUT2D eigenvalue weighted by Crippen LogP contribution is 1.86. The third kappa shape index (κ3) is 4.35. The topological polar surface area (TPSA) is 24.9 Å². The molecule has 0 aromatic heterocycles. The van der Waals surface area contributed by atoms with Gasteiger partial charge in [-0.2, -0.15) is 0 Å². The summed E-state index contributed by atoms with van der Waals surface area (Å²) in [5.74, 6) is 0. The molecule has 0 aromatic rings. The normalized spacial score (nSPS) is 11.3. The van der Waals surface area contributed by atoms with Crippen LogP contribution >= 0.6 is 0 Å². The van der Waals surface area contributed by atoms with E-state index in [0.29, 0.717) is 0 Å². The van der Waals surface area contributed by atoms with Crippen LogP contribution in [0.1, 0.15) is 0 Å². The molecule has 0 aromatic carbocycles. The van der Waals surface area contributed by atoms with E-state index >= 15 is 0 Å². The largest absolute Gasteiger partial charge is 0.357 e. The van der Waals surface area contributed by atoms with Gasteiger partial charge in [0.25, 0.3) is 0 Å². The molecule has 0 saturated heterocycles. The van der Waals surface area contributed by atoms with Crippen LogP contribution in [0, 0.1) is 0 Å². The number of methoxy groups -OCH3 is 1. The highest BCUT2D eigenvalue weighted by molar-refractivity contribution is 4.16. The van der Waals surface area contributed by atoms with Crippen molar-refractivity contribution in [3.05, 3.63) is 0 Å². The highest BCUT2D eigenvalue weighted by Gasteiger charge is 1.97. The van der Waals surface area contributed by atoms with Crippen LogP contribution in [0.3, 0.4) is 0 Å². The number of hydroxylamine groups is 1. The maximum atomic E-state index is 4.99. The Morgan fingerprint density at radius 3 is 2.11 bits per heavy atom. The summed E-state index contributed by atoms with van der Waals surface area (Å²) in [5, 5.41) is 3.39. The first-order chi connectivity index (χ1) is 4.18. The second-order valence-corrected chi connectivity index (χ2v) is 1.85. The lowest BCUT2D eigenvalue weighted by molar-refractivity contribution is -0.288. The van der Waals surface area contributed by atoms with E-state index in [1.165, 1.54) is 0 Å². The number of hydrazine groups is 1. The van der Waals surface area contributed by atoms with Gasteiger partial charge < -0.3 is 4.74 Å². The SMILES string of the molecule is COCON(C)N(C)C. The highest BCUT2D eigenvalue weighted by atomic mass is 16.8. The zero-order valence-corrected chi connectivity index (χ0v) is 6.42. The summed E-state index contributed by atoms with van der Waals surface area (Å²) in [5.41, 5.74) is 0. The van der Waals surface area contributed by atoms with Crippen LogP contribution in [0.15, 0.2) is 0 Å². The Morgan fingerprint density at radius 1 is 1.22 bits per heavy atom. The Bertz CT molecular complexity index is 68.0. The summed E-state index contributed by atoms with van der Waals surface area (Å²) < 4.78 is 4.67. The van der Waals surface area contributed by atoms with Crippen LogP contribution in [0.25, 0.3) is 0 Å². The van der Waals surface area contributed by atoms with Crippen molar-refractivity contribution in [2.45, 2.75) is 0 Å². The molecular weight excluding hydrogens is 120 g/mol. The van der Waals surface area contributed by atoms with E-state index in [9.17, 15) is 0 Å². The smallest absolute Gasteiger partial charge is 0.168 e. The number of ether oxygens (including phenoxy) is 1. The molecule has 0 aliphatic heterocycles. The Morgan fingerprint density at radius 2 is 1.78 bits per heavy atom. The zero-order chi connectivity index (χ0) is 7.28. The lowest BCUT2D eigenvalue weighted by Gasteiger charge is -2.22. The molecule has 0 saturated carbocycles. The van der Waals surface area contributed by atoms with Crippen molar-refractivity contribution in [1.29, 1.82) is 0 Å². The van der Waals surface area contributed by atoms with Gasteiger partial charge in [-0.25, -0.2) is 5.01 Å². The molecule has 56 valence electrons. The molecule has 0 spiro atoms. The molecule has 4 nitrogen and oxygen atoms in total. The molecule has 0 atom stereocenters. The van der Waals surface area contributed by atoms with E-state index in [4.69, 9.17) is 4.84 Å². The average Bonchev–Trinajstić information content (AvgIpc) is 1.82. The van der Waals surface area contributed by atoms with Gasteiger partial charge in [0.15, 0.2) is 6.79 Å². The van der Waals surface area contributed by atoms with E-state index in [1.54, 1.807) is 24.3 Å². The third-order valence-corrected chi connectivity index (χ3v) is 0.921. The molecular formula is C5H14N2O2. The monoisotopic (exact) mass is 134 g/mol. The number of nitrogens with zero attached hydrogens (tertiary/aromatic N) is 2. The van der Waals surface area contributed by atoms with Gasteiger partial charge in [-0.3, -0.25) is 4.84 Å². The number of rotatable bonds is 4.